The molecule has 0 radical (unpaired) electrons. The lowest BCUT2D eigenvalue weighted by Gasteiger charge is -2.27. The number of alkyl halides is 2. The fraction of sp³-hybridized carbons (Fsp3) is 0.391. The van der Waals surface area contributed by atoms with Crippen molar-refractivity contribution in [1.82, 2.24) is 9.88 Å². The first kappa shape index (κ1) is 24.6. The summed E-state index contributed by atoms with van der Waals surface area (Å²) < 4.78 is 26.5. The molecule has 0 saturated carbocycles. The van der Waals surface area contributed by atoms with Gasteiger partial charge in [-0.25, -0.2) is 14.7 Å². The molecule has 0 unspecified atom stereocenters. The van der Waals surface area contributed by atoms with Gasteiger partial charge < -0.3 is 10.2 Å². The SMILES string of the molecule is CC(C)C(=O)Nc1cc(CN2C(=O)N(c3ccc(SC(C)(F)F)cc3)C(=O)C2(C)C)ccn1. The smallest absolute Gasteiger partial charge is 0.310 e. The Morgan fingerprint density at radius 1 is 1.18 bits per heavy atom. The molecule has 7 nitrogen and oxygen atoms in total. The maximum Gasteiger partial charge on any atom is 0.332 e. The van der Waals surface area contributed by atoms with Gasteiger partial charge in [-0.1, -0.05) is 25.6 Å². The second kappa shape index (κ2) is 9.09. The average Bonchev–Trinajstić information content (AvgIpc) is 2.87. The largest absolute Gasteiger partial charge is 0.332 e. The second-order valence-corrected chi connectivity index (χ2v) is 10.1. The molecule has 0 atom stereocenters. The molecule has 1 aromatic carbocycles. The molecule has 33 heavy (non-hydrogen) atoms. The van der Waals surface area contributed by atoms with Crippen LogP contribution < -0.4 is 10.2 Å². The lowest BCUT2D eigenvalue weighted by atomic mass is 10.0. The summed E-state index contributed by atoms with van der Waals surface area (Å²) in [6.07, 6.45) is 1.53. The topological polar surface area (TPSA) is 82.6 Å². The summed E-state index contributed by atoms with van der Waals surface area (Å²) in [6, 6.07) is 8.73. The Hall–Kier alpha value is -3.01. The van der Waals surface area contributed by atoms with E-state index in [-0.39, 0.29) is 18.4 Å². The number of hydrogen-bond donors (Lipinski definition) is 1. The Morgan fingerprint density at radius 3 is 2.39 bits per heavy atom. The van der Waals surface area contributed by atoms with Crippen LogP contribution in [0.15, 0.2) is 47.5 Å². The van der Waals surface area contributed by atoms with Crippen molar-refractivity contribution in [3.63, 3.8) is 0 Å². The number of halogens is 2. The van der Waals surface area contributed by atoms with E-state index >= 15 is 0 Å². The second-order valence-electron chi connectivity index (χ2n) is 8.67. The molecule has 1 aliphatic rings. The zero-order valence-electron chi connectivity index (χ0n) is 19.1. The van der Waals surface area contributed by atoms with Gasteiger partial charge >= 0.3 is 6.03 Å². The fourth-order valence-corrected chi connectivity index (χ4v) is 3.98. The Morgan fingerprint density at radius 2 is 1.82 bits per heavy atom. The highest BCUT2D eigenvalue weighted by molar-refractivity contribution is 8.00. The van der Waals surface area contributed by atoms with Gasteiger partial charge in [0.05, 0.1) is 5.69 Å². The molecule has 1 fully saturated rings. The Balaban J connectivity index is 1.82. The van der Waals surface area contributed by atoms with Crippen molar-refractivity contribution < 1.29 is 23.2 Å². The summed E-state index contributed by atoms with van der Waals surface area (Å²) in [6.45, 7) is 7.76. The zero-order chi connectivity index (χ0) is 24.6. The van der Waals surface area contributed by atoms with Crippen molar-refractivity contribution in [3.05, 3.63) is 48.2 Å². The van der Waals surface area contributed by atoms with Gasteiger partial charge in [-0.2, -0.15) is 8.78 Å². The number of urea groups is 1. The molecule has 0 bridgehead atoms. The number of nitrogens with one attached hydrogen (secondary N) is 1. The number of pyridine rings is 1. The molecule has 0 spiro atoms. The van der Waals surface area contributed by atoms with Crippen LogP contribution in [0.2, 0.25) is 0 Å². The third kappa shape index (κ3) is 5.50. The van der Waals surface area contributed by atoms with Gasteiger partial charge in [0.1, 0.15) is 11.4 Å². The van der Waals surface area contributed by atoms with Crippen LogP contribution in [0.4, 0.5) is 25.1 Å². The van der Waals surface area contributed by atoms with E-state index in [1.54, 1.807) is 39.8 Å². The summed E-state index contributed by atoms with van der Waals surface area (Å²) in [5, 5.41) is -0.216. The molecule has 0 aliphatic carbocycles. The summed E-state index contributed by atoms with van der Waals surface area (Å²) in [7, 11) is 0. The van der Waals surface area contributed by atoms with E-state index < -0.39 is 22.7 Å². The molecule has 3 rings (SSSR count). The lowest BCUT2D eigenvalue weighted by molar-refractivity contribution is -0.123. The lowest BCUT2D eigenvalue weighted by Crippen LogP contribution is -2.43. The molecule has 2 aromatic rings. The van der Waals surface area contributed by atoms with Crippen molar-refractivity contribution in [2.24, 2.45) is 5.92 Å². The first-order valence-electron chi connectivity index (χ1n) is 10.4. The van der Waals surface area contributed by atoms with Crippen molar-refractivity contribution in [2.45, 2.75) is 56.9 Å². The van der Waals surface area contributed by atoms with Crippen molar-refractivity contribution in [3.8, 4) is 0 Å². The minimum atomic E-state index is -2.93. The van der Waals surface area contributed by atoms with Gasteiger partial charge in [0.2, 0.25) is 5.91 Å². The van der Waals surface area contributed by atoms with Crippen LogP contribution in [-0.2, 0) is 16.1 Å². The molecule has 1 N–H and O–H groups in total. The molecule has 1 aliphatic heterocycles. The van der Waals surface area contributed by atoms with Gasteiger partial charge in [-0.15, -0.1) is 0 Å². The fourth-order valence-electron chi connectivity index (χ4n) is 3.29. The van der Waals surface area contributed by atoms with Crippen LogP contribution in [0.3, 0.4) is 0 Å². The van der Waals surface area contributed by atoms with Crippen LogP contribution in [-0.4, -0.2) is 38.5 Å². The molecule has 2 heterocycles. The number of carbonyl (C=O) groups is 3. The number of amides is 4. The van der Waals surface area contributed by atoms with E-state index in [0.717, 1.165) is 11.8 Å². The highest BCUT2D eigenvalue weighted by Gasteiger charge is 2.51. The van der Waals surface area contributed by atoms with E-state index in [1.807, 2.05) is 0 Å². The summed E-state index contributed by atoms with van der Waals surface area (Å²) in [5.74, 6) is -0.453. The monoisotopic (exact) mass is 476 g/mol. The van der Waals surface area contributed by atoms with Crippen LogP contribution in [0.5, 0.6) is 0 Å². The van der Waals surface area contributed by atoms with Gasteiger partial charge in [0, 0.05) is 30.5 Å². The molecular formula is C23H26F2N4O3S. The summed E-state index contributed by atoms with van der Waals surface area (Å²) in [5.41, 5.74) is -0.132. The van der Waals surface area contributed by atoms with Crippen LogP contribution in [0, 0.1) is 5.92 Å². The van der Waals surface area contributed by atoms with Crippen molar-refractivity contribution in [1.29, 1.82) is 0 Å². The number of hydrogen-bond acceptors (Lipinski definition) is 5. The third-order valence-electron chi connectivity index (χ3n) is 5.16. The first-order valence-corrected chi connectivity index (χ1v) is 11.2. The van der Waals surface area contributed by atoms with E-state index in [0.29, 0.717) is 33.7 Å². The van der Waals surface area contributed by atoms with Gasteiger partial charge in [0.25, 0.3) is 11.2 Å². The molecule has 1 aromatic heterocycles. The Kier molecular flexibility index (Phi) is 6.78. The minimum absolute atomic E-state index is 0.122. The highest BCUT2D eigenvalue weighted by Crippen LogP contribution is 2.38. The van der Waals surface area contributed by atoms with Crippen molar-refractivity contribution >= 4 is 41.1 Å². The van der Waals surface area contributed by atoms with Crippen LogP contribution >= 0.6 is 11.8 Å². The number of aromatic nitrogens is 1. The molecule has 10 heteroatoms. The number of anilines is 2. The maximum atomic E-state index is 13.2. The molecular weight excluding hydrogens is 450 g/mol. The molecule has 1 saturated heterocycles. The normalized spacial score (nSPS) is 16.0. The van der Waals surface area contributed by atoms with E-state index in [2.05, 4.69) is 10.3 Å². The Bertz CT molecular complexity index is 1070. The summed E-state index contributed by atoms with van der Waals surface area (Å²) >= 11 is 0.395. The quantitative estimate of drug-likeness (QED) is 0.443. The number of carbonyl (C=O) groups excluding carboxylic acids is 3. The summed E-state index contributed by atoms with van der Waals surface area (Å²) in [4.78, 5) is 45.2. The maximum absolute atomic E-state index is 13.2. The van der Waals surface area contributed by atoms with Crippen LogP contribution in [0.25, 0.3) is 0 Å². The van der Waals surface area contributed by atoms with E-state index in [9.17, 15) is 23.2 Å². The van der Waals surface area contributed by atoms with E-state index in [4.69, 9.17) is 0 Å². The van der Waals surface area contributed by atoms with E-state index in [1.165, 1.54) is 35.4 Å². The predicted octanol–water partition coefficient (Wildman–Crippen LogP) is 5.13. The minimum Gasteiger partial charge on any atom is -0.310 e. The average molecular weight is 477 g/mol. The van der Waals surface area contributed by atoms with Gasteiger partial charge in [-0.05, 0) is 55.8 Å². The first-order chi connectivity index (χ1) is 15.3. The molecule has 4 amide bonds. The van der Waals surface area contributed by atoms with Crippen LogP contribution in [0.1, 0.15) is 40.2 Å². The molecule has 176 valence electrons. The number of imide groups is 1. The number of nitrogens with zero attached hydrogens (tertiary/aromatic N) is 3. The zero-order valence-corrected chi connectivity index (χ0v) is 19.9. The van der Waals surface area contributed by atoms with Gasteiger partial charge in [-0.3, -0.25) is 9.59 Å². The Labute approximate surface area is 195 Å². The number of rotatable bonds is 7. The standard InChI is InChI=1S/C23H26F2N4O3S/c1-14(2)19(30)27-18-12-15(10-11-26-18)13-28-21(32)29(20(31)22(28,3)4)16-6-8-17(9-7-16)33-23(5,24)25/h6-12,14H,13H2,1-5H3,(H,26,27,30). The number of thioether (sulfide) groups is 1. The number of benzene rings is 1. The highest BCUT2D eigenvalue weighted by atomic mass is 32.2. The third-order valence-corrected chi connectivity index (χ3v) is 6.02. The van der Waals surface area contributed by atoms with Crippen molar-refractivity contribution in [2.75, 3.05) is 10.2 Å². The van der Waals surface area contributed by atoms with Gasteiger partial charge in [0.15, 0.2) is 0 Å². The predicted molar refractivity (Wildman–Crippen MR) is 123 cm³/mol.